The van der Waals surface area contributed by atoms with Crippen LogP contribution in [0.1, 0.15) is 12.0 Å². The molecule has 0 atom stereocenters. The van der Waals surface area contributed by atoms with Crippen molar-refractivity contribution in [2.45, 2.75) is 17.9 Å². The molecule has 0 amide bonds. The number of rotatable bonds is 6. The van der Waals surface area contributed by atoms with Crippen LogP contribution in [0.25, 0.3) is 0 Å². The highest BCUT2D eigenvalue weighted by Gasteiger charge is 1.97. The Kier molecular flexibility index (Phi) is 5.50. The van der Waals surface area contributed by atoms with Gasteiger partial charge in [0.15, 0.2) is 12.8 Å². The maximum atomic E-state index is 11.7. The number of hydrogen-bond acceptors (Lipinski definition) is 2. The van der Waals surface area contributed by atoms with E-state index in [1.54, 1.807) is 18.0 Å². The summed E-state index contributed by atoms with van der Waals surface area (Å²) in [6, 6.07) is 20.0. The zero-order valence-electron chi connectivity index (χ0n) is 10.7. The lowest BCUT2D eigenvalue weighted by Crippen LogP contribution is -2.05. The van der Waals surface area contributed by atoms with E-state index in [9.17, 15) is 5.21 Å². The summed E-state index contributed by atoms with van der Waals surface area (Å²) in [4.78, 5) is 1.25. The monoisotopic (exact) mass is 271 g/mol. The number of nitrogens with zero attached hydrogens (tertiary/aromatic N) is 1. The molecule has 0 aliphatic heterocycles. The Balaban J connectivity index is 1.73. The molecule has 0 saturated carbocycles. The molecular formula is C16H17NOS. The molecule has 19 heavy (non-hydrogen) atoms. The lowest BCUT2D eigenvalue weighted by molar-refractivity contribution is -0.471. The summed E-state index contributed by atoms with van der Waals surface area (Å²) in [5.74, 6) is 0.928. The Bertz CT molecular complexity index is 511. The van der Waals surface area contributed by atoms with Gasteiger partial charge in [0.1, 0.15) is 0 Å². The molecule has 2 rings (SSSR count). The Hall–Kier alpha value is -1.74. The summed E-state index contributed by atoms with van der Waals surface area (Å²) in [5, 5.41) is 11.7. The molecule has 0 heterocycles. The van der Waals surface area contributed by atoms with Crippen molar-refractivity contribution in [1.29, 1.82) is 0 Å². The molecule has 0 aliphatic rings. The summed E-state index contributed by atoms with van der Waals surface area (Å²) < 4.78 is 1.01. The molecule has 3 heteroatoms. The number of benzene rings is 2. The quantitative estimate of drug-likeness (QED) is 0.198. The van der Waals surface area contributed by atoms with Gasteiger partial charge < -0.3 is 5.21 Å². The van der Waals surface area contributed by atoms with Crippen molar-refractivity contribution in [3.63, 3.8) is 0 Å². The van der Waals surface area contributed by atoms with Crippen LogP contribution in [0.15, 0.2) is 65.6 Å². The Morgan fingerprint density at radius 3 is 2.26 bits per heavy atom. The fourth-order valence-corrected chi connectivity index (χ4v) is 2.53. The fraction of sp³-hybridized carbons (Fsp3) is 0.188. The molecule has 2 nitrogen and oxygen atoms in total. The molecule has 0 unspecified atom stereocenters. The van der Waals surface area contributed by atoms with E-state index >= 15 is 0 Å². The van der Waals surface area contributed by atoms with Gasteiger partial charge >= 0.3 is 0 Å². The van der Waals surface area contributed by atoms with E-state index in [2.05, 4.69) is 12.1 Å². The van der Waals surface area contributed by atoms with E-state index < -0.39 is 0 Å². The number of hydrogen-bond donors (Lipinski definition) is 0. The van der Waals surface area contributed by atoms with Crippen LogP contribution in [0.3, 0.4) is 0 Å². The average Bonchev–Trinajstić information content (AvgIpc) is 2.46. The zero-order chi connectivity index (χ0) is 13.3. The third-order valence-corrected chi connectivity index (χ3v) is 3.69. The minimum Gasteiger partial charge on any atom is -0.624 e. The van der Waals surface area contributed by atoms with Gasteiger partial charge in [-0.15, -0.1) is 11.8 Å². The van der Waals surface area contributed by atoms with E-state index in [1.807, 2.05) is 48.5 Å². The molecule has 2 aromatic rings. The summed E-state index contributed by atoms with van der Waals surface area (Å²) in [5.41, 5.74) is 1.05. The smallest absolute Gasteiger partial charge is 0.178 e. The Morgan fingerprint density at radius 2 is 1.58 bits per heavy atom. The van der Waals surface area contributed by atoms with E-state index in [1.165, 1.54) is 4.90 Å². The van der Waals surface area contributed by atoms with Crippen molar-refractivity contribution < 1.29 is 4.74 Å². The van der Waals surface area contributed by atoms with E-state index in [4.69, 9.17) is 0 Å². The van der Waals surface area contributed by atoms with Gasteiger partial charge in [-0.25, -0.2) is 4.74 Å². The molecule has 0 fully saturated rings. The molecule has 0 radical (unpaired) electrons. The van der Waals surface area contributed by atoms with Crippen molar-refractivity contribution in [1.82, 2.24) is 0 Å². The van der Waals surface area contributed by atoms with Gasteiger partial charge in [-0.05, 0) is 12.1 Å². The average molecular weight is 271 g/mol. The summed E-state index contributed by atoms with van der Waals surface area (Å²) in [6.07, 6.45) is 2.51. The highest BCUT2D eigenvalue weighted by molar-refractivity contribution is 7.99. The van der Waals surface area contributed by atoms with Crippen LogP contribution in [0.2, 0.25) is 0 Å². The van der Waals surface area contributed by atoms with Gasteiger partial charge in [0.25, 0.3) is 0 Å². The van der Waals surface area contributed by atoms with Crippen LogP contribution in [-0.2, 0) is 6.54 Å². The van der Waals surface area contributed by atoms with Crippen LogP contribution < -0.4 is 0 Å². The van der Waals surface area contributed by atoms with Gasteiger partial charge in [-0.1, -0.05) is 48.5 Å². The first-order valence-corrected chi connectivity index (χ1v) is 7.32. The number of hydroxylamine groups is 1. The van der Waals surface area contributed by atoms with Crippen LogP contribution in [0.4, 0.5) is 0 Å². The molecule has 0 N–H and O–H groups in total. The molecular weight excluding hydrogens is 254 g/mol. The first-order valence-electron chi connectivity index (χ1n) is 6.33. The Labute approximate surface area is 118 Å². The van der Waals surface area contributed by atoms with Crippen LogP contribution >= 0.6 is 11.8 Å². The highest BCUT2D eigenvalue weighted by Crippen LogP contribution is 2.17. The second-order valence-electron chi connectivity index (χ2n) is 4.19. The Morgan fingerprint density at radius 1 is 0.947 bits per heavy atom. The third kappa shape index (κ3) is 5.18. The second-order valence-corrected chi connectivity index (χ2v) is 5.36. The summed E-state index contributed by atoms with van der Waals surface area (Å²) >= 11 is 1.77. The van der Waals surface area contributed by atoms with Crippen molar-refractivity contribution in [2.75, 3.05) is 5.75 Å². The highest BCUT2D eigenvalue weighted by atomic mass is 32.2. The van der Waals surface area contributed by atoms with E-state index in [0.717, 1.165) is 22.5 Å². The lowest BCUT2D eigenvalue weighted by Gasteiger charge is -2.04. The lowest BCUT2D eigenvalue weighted by atomic mass is 10.2. The normalized spacial score (nSPS) is 11.5. The molecule has 98 valence electrons. The van der Waals surface area contributed by atoms with Gasteiger partial charge in [0.05, 0.1) is 0 Å². The van der Waals surface area contributed by atoms with Gasteiger partial charge in [-0.3, -0.25) is 0 Å². The molecule has 0 saturated heterocycles. The predicted molar refractivity (Wildman–Crippen MR) is 81.6 cm³/mol. The molecule has 0 aromatic heterocycles. The molecule has 0 bridgehead atoms. The van der Waals surface area contributed by atoms with E-state index in [0.29, 0.717) is 6.54 Å². The summed E-state index contributed by atoms with van der Waals surface area (Å²) in [7, 11) is 0. The largest absolute Gasteiger partial charge is 0.624 e. The van der Waals surface area contributed by atoms with Crippen molar-refractivity contribution in [2.24, 2.45) is 0 Å². The fourth-order valence-electron chi connectivity index (χ4n) is 1.72. The number of thioether (sulfide) groups is 1. The molecule has 0 aliphatic carbocycles. The summed E-state index contributed by atoms with van der Waals surface area (Å²) in [6.45, 7) is 0.427. The second kappa shape index (κ2) is 7.64. The SMILES string of the molecule is [O-][N+](=CCCSc1ccccc1)Cc1ccccc1. The maximum absolute atomic E-state index is 11.7. The van der Waals surface area contributed by atoms with Crippen LogP contribution in [0, 0.1) is 5.21 Å². The third-order valence-electron chi connectivity index (χ3n) is 2.64. The topological polar surface area (TPSA) is 26.1 Å². The van der Waals surface area contributed by atoms with Crippen LogP contribution in [0.5, 0.6) is 0 Å². The van der Waals surface area contributed by atoms with Gasteiger partial charge in [0, 0.05) is 22.6 Å². The van der Waals surface area contributed by atoms with Gasteiger partial charge in [0.2, 0.25) is 0 Å². The first kappa shape index (κ1) is 13.7. The van der Waals surface area contributed by atoms with E-state index in [-0.39, 0.29) is 0 Å². The first-order chi connectivity index (χ1) is 9.34. The predicted octanol–water partition coefficient (Wildman–Crippen LogP) is 3.95. The zero-order valence-corrected chi connectivity index (χ0v) is 11.6. The molecule has 2 aromatic carbocycles. The minimum atomic E-state index is 0.427. The van der Waals surface area contributed by atoms with Crippen molar-refractivity contribution >= 4 is 18.0 Å². The minimum absolute atomic E-state index is 0.427. The maximum Gasteiger partial charge on any atom is 0.178 e. The van der Waals surface area contributed by atoms with Crippen LogP contribution in [-0.4, -0.2) is 16.7 Å². The standard InChI is InChI=1S/C16H17NOS/c18-17(14-15-8-3-1-4-9-15)12-7-13-19-16-10-5-2-6-11-16/h1-6,8-12H,7,13-14H2. The molecule has 0 spiro atoms. The van der Waals surface area contributed by atoms with Gasteiger partial charge in [-0.2, -0.15) is 0 Å². The van der Waals surface area contributed by atoms with Crippen molar-refractivity contribution in [3.8, 4) is 0 Å². The van der Waals surface area contributed by atoms with Crippen molar-refractivity contribution in [3.05, 3.63) is 71.4 Å².